The molecule has 1 heterocycles. The molecule has 0 unspecified atom stereocenters. The second-order valence-electron chi connectivity index (χ2n) is 21.7. The summed E-state index contributed by atoms with van der Waals surface area (Å²) in [5.41, 5.74) is 16.8. The maximum absolute atomic E-state index is 6.60. The van der Waals surface area contributed by atoms with Gasteiger partial charge < -0.3 is 4.42 Å². The third-order valence-electron chi connectivity index (χ3n) is 17.1. The Morgan fingerprint density at radius 3 is 1.20 bits per heavy atom. The molecule has 16 aromatic carbocycles. The van der Waals surface area contributed by atoms with Crippen LogP contribution in [0.25, 0.3) is 164 Å². The van der Waals surface area contributed by atoms with Crippen LogP contribution in [0.15, 0.2) is 320 Å². The highest BCUT2D eigenvalue weighted by molar-refractivity contribution is 6.28. The van der Waals surface area contributed by atoms with Gasteiger partial charge in [-0.1, -0.05) is 291 Å². The lowest BCUT2D eigenvalue weighted by Gasteiger charge is -2.19. The third kappa shape index (κ3) is 8.16. The summed E-state index contributed by atoms with van der Waals surface area (Å²) in [5.74, 6) is 0. The minimum Gasteiger partial charge on any atom is -0.455 e. The van der Waals surface area contributed by atoms with Crippen LogP contribution in [0.5, 0.6) is 0 Å². The molecule has 0 atom stereocenters. The SMILES string of the molecule is c1ccc(-c2cccc(-c3c4ccccc4c(-c4cccc5oc6c7ccccc7ccc6c45)c4ccccc34)c2)cc1.c1ccc2cc(-c3ccc(-c4c5ccccc5c(-c5cccc6ccccc56)c5ccccc45)cc3)ccc2c1. The summed E-state index contributed by atoms with van der Waals surface area (Å²) < 4.78 is 6.60. The van der Waals surface area contributed by atoms with Crippen molar-refractivity contribution in [2.45, 2.75) is 0 Å². The van der Waals surface area contributed by atoms with Crippen molar-refractivity contribution in [1.29, 1.82) is 0 Å². The Hall–Kier alpha value is -10.9. The van der Waals surface area contributed by atoms with E-state index in [0.29, 0.717) is 0 Å². The Morgan fingerprint density at radius 2 is 0.566 bits per heavy atom. The standard InChI is InChI=1S/C42H26O.C40H26/c1-2-12-27(13-3-1)29-15-10-16-30(26-29)39-32-18-6-8-20-34(32)40(35-21-9-7-19-33(35)39)36-22-11-23-38-41(36)37-25-24-28-14-4-5-17-31(28)42(37)43-38;1-2-12-31-26-32(25-22-27(31)10-1)28-20-23-30(24-21-28)39-35-15-5-7-17-37(35)40(38-18-8-6-16-36(38)39)34-19-9-13-29-11-3-4-14-33(29)34/h1-26H;1-26H. The summed E-state index contributed by atoms with van der Waals surface area (Å²) in [6.45, 7) is 0. The van der Waals surface area contributed by atoms with Crippen molar-refractivity contribution in [1.82, 2.24) is 0 Å². The van der Waals surface area contributed by atoms with Crippen LogP contribution in [0, 0.1) is 0 Å². The predicted molar refractivity (Wildman–Crippen MR) is 355 cm³/mol. The van der Waals surface area contributed by atoms with Gasteiger partial charge in [-0.25, -0.2) is 0 Å². The molecule has 0 saturated carbocycles. The fourth-order valence-electron chi connectivity index (χ4n) is 13.3. The van der Waals surface area contributed by atoms with E-state index in [1.165, 1.54) is 137 Å². The lowest BCUT2D eigenvalue weighted by atomic mass is 9.84. The topological polar surface area (TPSA) is 13.1 Å². The monoisotopic (exact) mass is 1050 g/mol. The molecular weight excluding hydrogens is 1000 g/mol. The molecule has 0 aliphatic heterocycles. The second-order valence-corrected chi connectivity index (χ2v) is 21.7. The molecular formula is C82H52O. The minimum atomic E-state index is 0.914. The molecule has 1 heteroatoms. The Morgan fingerprint density at radius 1 is 0.181 bits per heavy atom. The molecule has 17 rings (SSSR count). The summed E-state index contributed by atoms with van der Waals surface area (Å²) in [6, 6.07) is 114. The quantitative estimate of drug-likeness (QED) is 0.151. The first kappa shape index (κ1) is 48.1. The maximum atomic E-state index is 6.60. The molecule has 0 spiro atoms. The van der Waals surface area contributed by atoms with Crippen LogP contribution < -0.4 is 0 Å². The number of hydrogen-bond acceptors (Lipinski definition) is 1. The van der Waals surface area contributed by atoms with Crippen LogP contribution in [0.1, 0.15) is 0 Å². The van der Waals surface area contributed by atoms with Gasteiger partial charge in [0.1, 0.15) is 11.2 Å². The van der Waals surface area contributed by atoms with Gasteiger partial charge in [-0.05, 0) is 161 Å². The van der Waals surface area contributed by atoms with Gasteiger partial charge in [0.05, 0.1) is 0 Å². The molecule has 0 aliphatic rings. The molecule has 0 fully saturated rings. The molecule has 1 aromatic heterocycles. The minimum absolute atomic E-state index is 0.914. The molecule has 0 aliphatic carbocycles. The molecule has 386 valence electrons. The van der Waals surface area contributed by atoms with E-state index >= 15 is 0 Å². The van der Waals surface area contributed by atoms with Gasteiger partial charge in [0.15, 0.2) is 0 Å². The molecule has 0 amide bonds. The lowest BCUT2D eigenvalue weighted by molar-refractivity contribution is 0.673. The summed E-state index contributed by atoms with van der Waals surface area (Å²) in [7, 11) is 0. The normalized spacial score (nSPS) is 11.6. The smallest absolute Gasteiger partial charge is 0.143 e. The van der Waals surface area contributed by atoms with Crippen molar-refractivity contribution in [3.05, 3.63) is 315 Å². The van der Waals surface area contributed by atoms with Gasteiger partial charge in [-0.2, -0.15) is 0 Å². The van der Waals surface area contributed by atoms with Crippen LogP contribution in [0.2, 0.25) is 0 Å². The van der Waals surface area contributed by atoms with Gasteiger partial charge in [0, 0.05) is 16.2 Å². The third-order valence-corrected chi connectivity index (χ3v) is 17.1. The van der Waals surface area contributed by atoms with E-state index in [1.807, 2.05) is 0 Å². The van der Waals surface area contributed by atoms with E-state index in [4.69, 9.17) is 4.42 Å². The zero-order valence-electron chi connectivity index (χ0n) is 45.4. The first-order chi connectivity index (χ1) is 41.2. The lowest BCUT2D eigenvalue weighted by Crippen LogP contribution is -1.91. The Labute approximate surface area is 481 Å². The number of benzene rings is 16. The summed E-state index contributed by atoms with van der Waals surface area (Å²) in [4.78, 5) is 0. The zero-order chi connectivity index (χ0) is 54.8. The highest BCUT2D eigenvalue weighted by Gasteiger charge is 2.22. The molecule has 0 saturated heterocycles. The van der Waals surface area contributed by atoms with Crippen LogP contribution in [0.3, 0.4) is 0 Å². The predicted octanol–water partition coefficient (Wildman–Crippen LogP) is 23.3. The van der Waals surface area contributed by atoms with Gasteiger partial charge in [0.2, 0.25) is 0 Å². The summed E-state index contributed by atoms with van der Waals surface area (Å²) >= 11 is 0. The van der Waals surface area contributed by atoms with E-state index in [1.54, 1.807) is 0 Å². The van der Waals surface area contributed by atoms with E-state index in [0.717, 1.165) is 27.3 Å². The van der Waals surface area contributed by atoms with Crippen LogP contribution in [-0.4, -0.2) is 0 Å². The van der Waals surface area contributed by atoms with Gasteiger partial charge in [-0.15, -0.1) is 0 Å². The Kier molecular flexibility index (Phi) is 11.6. The van der Waals surface area contributed by atoms with Crippen molar-refractivity contribution in [2.75, 3.05) is 0 Å². The van der Waals surface area contributed by atoms with Gasteiger partial charge >= 0.3 is 0 Å². The van der Waals surface area contributed by atoms with Crippen molar-refractivity contribution in [2.24, 2.45) is 0 Å². The molecule has 0 bridgehead atoms. The maximum Gasteiger partial charge on any atom is 0.143 e. The largest absolute Gasteiger partial charge is 0.455 e. The zero-order valence-corrected chi connectivity index (χ0v) is 45.4. The van der Waals surface area contributed by atoms with Crippen molar-refractivity contribution >= 4 is 97.3 Å². The number of hydrogen-bond donors (Lipinski definition) is 0. The van der Waals surface area contributed by atoms with Crippen LogP contribution in [-0.2, 0) is 0 Å². The van der Waals surface area contributed by atoms with Gasteiger partial charge in [-0.3, -0.25) is 0 Å². The number of rotatable bonds is 6. The molecule has 17 aromatic rings. The average molecular weight is 1050 g/mol. The highest BCUT2D eigenvalue weighted by atomic mass is 16.3. The Balaban J connectivity index is 0.000000137. The van der Waals surface area contributed by atoms with Crippen LogP contribution >= 0.6 is 0 Å². The van der Waals surface area contributed by atoms with Crippen LogP contribution in [0.4, 0.5) is 0 Å². The van der Waals surface area contributed by atoms with E-state index in [2.05, 4.69) is 315 Å². The number of furan rings is 1. The number of fused-ring (bicyclic) bond motifs is 11. The first-order valence-corrected chi connectivity index (χ1v) is 28.6. The average Bonchev–Trinajstić information content (AvgIpc) is 3.54. The van der Waals surface area contributed by atoms with Crippen molar-refractivity contribution in [3.63, 3.8) is 0 Å². The van der Waals surface area contributed by atoms with E-state index in [9.17, 15) is 0 Å². The van der Waals surface area contributed by atoms with E-state index in [-0.39, 0.29) is 0 Å². The summed E-state index contributed by atoms with van der Waals surface area (Å²) in [5, 5.41) is 19.8. The molecule has 1 nitrogen and oxygen atoms in total. The fraction of sp³-hybridized carbons (Fsp3) is 0. The van der Waals surface area contributed by atoms with Gasteiger partial charge in [0.25, 0.3) is 0 Å². The second kappa shape index (κ2) is 20.0. The first-order valence-electron chi connectivity index (χ1n) is 28.6. The summed E-state index contributed by atoms with van der Waals surface area (Å²) in [6.07, 6.45) is 0. The van der Waals surface area contributed by atoms with Crippen molar-refractivity contribution in [3.8, 4) is 66.8 Å². The molecule has 0 radical (unpaired) electrons. The highest BCUT2D eigenvalue weighted by Crippen LogP contribution is 2.49. The molecule has 83 heavy (non-hydrogen) atoms. The Bertz CT molecular complexity index is 5260. The van der Waals surface area contributed by atoms with Crippen molar-refractivity contribution < 1.29 is 4.42 Å². The fourth-order valence-corrected chi connectivity index (χ4v) is 13.3. The van der Waals surface area contributed by atoms with E-state index < -0.39 is 0 Å². The molecule has 0 N–H and O–H groups in total.